The smallest absolute Gasteiger partial charge is 0.342 e. The molecule has 278 valence electrons. The van der Waals surface area contributed by atoms with Crippen molar-refractivity contribution in [2.24, 2.45) is 17.8 Å². The van der Waals surface area contributed by atoms with E-state index in [-0.39, 0.29) is 35.5 Å². The summed E-state index contributed by atoms with van der Waals surface area (Å²) in [7, 11) is 2.55. The van der Waals surface area contributed by atoms with Crippen LogP contribution in [0.3, 0.4) is 0 Å². The van der Waals surface area contributed by atoms with E-state index in [1.54, 1.807) is 6.07 Å². The van der Waals surface area contributed by atoms with Crippen LogP contribution in [-0.2, 0) is 22.5 Å². The molecule has 0 heterocycles. The lowest BCUT2D eigenvalue weighted by molar-refractivity contribution is 0.0548. The van der Waals surface area contributed by atoms with Gasteiger partial charge >= 0.3 is 11.9 Å². The Morgan fingerprint density at radius 1 is 0.654 bits per heavy atom. The van der Waals surface area contributed by atoms with Gasteiger partial charge in [0, 0.05) is 0 Å². The monoisotopic (exact) mass is 708 g/mol. The minimum absolute atomic E-state index is 0.0320. The first-order valence-electron chi connectivity index (χ1n) is 18.6. The molecule has 0 fully saturated rings. The first-order chi connectivity index (χ1) is 25.1. The summed E-state index contributed by atoms with van der Waals surface area (Å²) < 4.78 is 29.5. The van der Waals surface area contributed by atoms with E-state index in [1.807, 2.05) is 60.7 Å². The summed E-state index contributed by atoms with van der Waals surface area (Å²) in [6.07, 6.45) is 7.42. The Morgan fingerprint density at radius 3 is 1.94 bits per heavy atom. The summed E-state index contributed by atoms with van der Waals surface area (Å²) in [6, 6.07) is 29.2. The Hall–Kier alpha value is -4.78. The van der Waals surface area contributed by atoms with Gasteiger partial charge in [0.15, 0.2) is 11.5 Å². The van der Waals surface area contributed by atoms with Crippen molar-refractivity contribution in [1.82, 2.24) is 0 Å². The minimum Gasteiger partial charge on any atom is -0.486 e. The molecule has 0 aliphatic carbocycles. The van der Waals surface area contributed by atoms with Gasteiger partial charge in [-0.1, -0.05) is 115 Å². The van der Waals surface area contributed by atoms with Crippen molar-refractivity contribution in [3.63, 3.8) is 0 Å². The Bertz CT molecular complexity index is 1710. The molecule has 0 bridgehead atoms. The van der Waals surface area contributed by atoms with Gasteiger partial charge in [0.2, 0.25) is 0 Å². The van der Waals surface area contributed by atoms with Crippen LogP contribution in [-0.4, -0.2) is 32.3 Å². The molecule has 0 aromatic heterocycles. The average molecular weight is 709 g/mol. The normalized spacial score (nSPS) is 12.8. The van der Waals surface area contributed by atoms with E-state index in [9.17, 15) is 9.59 Å². The van der Waals surface area contributed by atoms with Gasteiger partial charge in [-0.3, -0.25) is 0 Å². The SMILES string of the molecule is CCC(C)CCCC(C)CCC(Oc1ccc(C(=O)OC)c(C(=O)OC)c1OCc1cccc(Oc2cccc(Cc3ccccc3)c2)c1)C(C)C. The highest BCUT2D eigenvalue weighted by atomic mass is 16.5. The summed E-state index contributed by atoms with van der Waals surface area (Å²) in [5.41, 5.74) is 3.18. The molecular formula is C45H56O7. The summed E-state index contributed by atoms with van der Waals surface area (Å²) >= 11 is 0. The molecule has 0 spiro atoms. The average Bonchev–Trinajstić information content (AvgIpc) is 3.15. The molecule has 0 aliphatic heterocycles. The zero-order valence-electron chi connectivity index (χ0n) is 32.0. The van der Waals surface area contributed by atoms with Gasteiger partial charge in [0.05, 0.1) is 19.8 Å². The molecule has 0 radical (unpaired) electrons. The summed E-state index contributed by atoms with van der Waals surface area (Å²) in [4.78, 5) is 26.1. The molecule has 52 heavy (non-hydrogen) atoms. The van der Waals surface area contributed by atoms with Crippen molar-refractivity contribution in [3.8, 4) is 23.0 Å². The topological polar surface area (TPSA) is 80.3 Å². The Labute approximate surface area is 310 Å². The van der Waals surface area contributed by atoms with Gasteiger partial charge < -0.3 is 23.7 Å². The van der Waals surface area contributed by atoms with Crippen LogP contribution < -0.4 is 14.2 Å². The second kappa shape index (κ2) is 20.3. The van der Waals surface area contributed by atoms with Crippen LogP contribution >= 0.6 is 0 Å². The highest BCUT2D eigenvalue weighted by Crippen LogP contribution is 2.38. The Kier molecular flexibility index (Phi) is 15.6. The predicted molar refractivity (Wildman–Crippen MR) is 207 cm³/mol. The molecule has 4 aromatic rings. The van der Waals surface area contributed by atoms with Crippen LogP contribution in [0.1, 0.15) is 111 Å². The fraction of sp³-hybridized carbons (Fsp3) is 0.422. The third-order valence-electron chi connectivity index (χ3n) is 9.64. The highest BCUT2D eigenvalue weighted by Gasteiger charge is 2.29. The van der Waals surface area contributed by atoms with Crippen LogP contribution in [0.4, 0.5) is 0 Å². The largest absolute Gasteiger partial charge is 0.486 e. The number of ether oxygens (including phenoxy) is 5. The van der Waals surface area contributed by atoms with E-state index < -0.39 is 11.9 Å². The number of methoxy groups -OCH3 is 2. The lowest BCUT2D eigenvalue weighted by Crippen LogP contribution is -2.25. The molecular weight excluding hydrogens is 652 g/mol. The standard InChI is InChI=1S/C45H56O7/c1-8-32(4)15-12-16-33(5)23-25-40(31(2)3)52-41-26-24-39(44(46)48-6)42(45(47)49-7)43(41)50-30-36-20-14-22-38(29-36)51-37-21-13-19-35(28-37)27-34-17-10-9-11-18-34/h9-11,13-14,17-22,24,26,28-29,31-33,40H,8,12,15-16,23,25,27,30H2,1-7H3. The van der Waals surface area contributed by atoms with E-state index in [1.165, 1.54) is 51.5 Å². The minimum atomic E-state index is -0.718. The van der Waals surface area contributed by atoms with Gasteiger partial charge in [-0.2, -0.15) is 0 Å². The molecule has 0 saturated carbocycles. The lowest BCUT2D eigenvalue weighted by atomic mass is 9.91. The van der Waals surface area contributed by atoms with Crippen LogP contribution in [0.5, 0.6) is 23.0 Å². The molecule has 7 nitrogen and oxygen atoms in total. The third-order valence-corrected chi connectivity index (χ3v) is 9.64. The van der Waals surface area contributed by atoms with E-state index in [0.29, 0.717) is 17.4 Å². The summed E-state index contributed by atoms with van der Waals surface area (Å²) in [6.45, 7) is 11.2. The number of benzene rings is 4. The van der Waals surface area contributed by atoms with Crippen LogP contribution in [0.2, 0.25) is 0 Å². The van der Waals surface area contributed by atoms with Crippen molar-refractivity contribution < 1.29 is 33.3 Å². The summed E-state index contributed by atoms with van der Waals surface area (Å²) in [5.74, 6) is 2.01. The highest BCUT2D eigenvalue weighted by molar-refractivity contribution is 6.05. The second-order valence-corrected chi connectivity index (χ2v) is 14.2. The van der Waals surface area contributed by atoms with E-state index >= 15 is 0 Å². The molecule has 7 heteroatoms. The molecule has 0 saturated heterocycles. The first kappa shape index (κ1) is 40.0. The number of esters is 2. The molecule has 0 N–H and O–H groups in total. The van der Waals surface area contributed by atoms with E-state index in [4.69, 9.17) is 23.7 Å². The zero-order chi connectivity index (χ0) is 37.5. The van der Waals surface area contributed by atoms with Gasteiger partial charge in [-0.15, -0.1) is 0 Å². The molecule has 3 atom stereocenters. The van der Waals surface area contributed by atoms with Crippen molar-refractivity contribution in [3.05, 3.63) is 119 Å². The second-order valence-electron chi connectivity index (χ2n) is 14.2. The number of hydrogen-bond donors (Lipinski definition) is 0. The molecule has 3 unspecified atom stereocenters. The number of carbonyl (C=O) groups excluding carboxylic acids is 2. The maximum absolute atomic E-state index is 13.3. The first-order valence-corrected chi connectivity index (χ1v) is 18.6. The Morgan fingerprint density at radius 2 is 1.29 bits per heavy atom. The number of carbonyl (C=O) groups is 2. The van der Waals surface area contributed by atoms with Crippen molar-refractivity contribution in [2.75, 3.05) is 14.2 Å². The summed E-state index contributed by atoms with van der Waals surface area (Å²) in [5, 5.41) is 0. The van der Waals surface area contributed by atoms with Crippen LogP contribution in [0, 0.1) is 17.8 Å². The Balaban J connectivity index is 1.55. The number of rotatable bonds is 20. The number of hydrogen-bond acceptors (Lipinski definition) is 7. The van der Waals surface area contributed by atoms with Crippen LogP contribution in [0.15, 0.2) is 91.0 Å². The van der Waals surface area contributed by atoms with Crippen molar-refractivity contribution >= 4 is 11.9 Å². The molecule has 0 aliphatic rings. The quantitative estimate of drug-likeness (QED) is 0.0845. The van der Waals surface area contributed by atoms with E-state index in [0.717, 1.165) is 42.1 Å². The maximum Gasteiger partial charge on any atom is 0.342 e. The fourth-order valence-electron chi connectivity index (χ4n) is 6.23. The van der Waals surface area contributed by atoms with Crippen molar-refractivity contribution in [2.45, 2.75) is 92.3 Å². The predicted octanol–water partition coefficient (Wildman–Crippen LogP) is 11.3. The van der Waals surface area contributed by atoms with Gasteiger partial charge in [0.25, 0.3) is 0 Å². The lowest BCUT2D eigenvalue weighted by Gasteiger charge is -2.26. The van der Waals surface area contributed by atoms with Gasteiger partial charge in [-0.25, -0.2) is 9.59 Å². The molecule has 4 aromatic carbocycles. The van der Waals surface area contributed by atoms with Crippen molar-refractivity contribution in [1.29, 1.82) is 0 Å². The zero-order valence-corrected chi connectivity index (χ0v) is 32.0. The van der Waals surface area contributed by atoms with Gasteiger partial charge in [-0.05, 0) is 90.1 Å². The maximum atomic E-state index is 13.3. The fourth-order valence-corrected chi connectivity index (χ4v) is 6.23. The third kappa shape index (κ3) is 11.9. The van der Waals surface area contributed by atoms with Gasteiger partial charge in [0.1, 0.15) is 29.8 Å². The molecule has 4 rings (SSSR count). The van der Waals surface area contributed by atoms with Crippen LogP contribution in [0.25, 0.3) is 0 Å². The van der Waals surface area contributed by atoms with E-state index in [2.05, 4.69) is 52.8 Å². The molecule has 0 amide bonds.